The van der Waals surface area contributed by atoms with E-state index in [1.807, 2.05) is 84.9 Å². The molecule has 1 aromatic heterocycles. The molecule has 0 saturated carbocycles. The van der Waals surface area contributed by atoms with Crippen LogP contribution >= 0.6 is 0 Å². The lowest BCUT2D eigenvalue weighted by Crippen LogP contribution is -2.50. The van der Waals surface area contributed by atoms with Crippen LogP contribution in [0, 0.1) is 0 Å². The van der Waals surface area contributed by atoms with Crippen molar-refractivity contribution in [3.05, 3.63) is 108 Å². The number of fused-ring (bicyclic) bond motifs is 1. The van der Waals surface area contributed by atoms with Crippen molar-refractivity contribution in [1.29, 1.82) is 0 Å². The fraction of sp³-hybridized carbons (Fsp3) is 0.207. The van der Waals surface area contributed by atoms with E-state index in [-0.39, 0.29) is 26.1 Å². The van der Waals surface area contributed by atoms with Gasteiger partial charge in [-0.2, -0.15) is 0 Å². The molecule has 8 heteroatoms. The normalized spacial score (nSPS) is 12.5. The highest BCUT2D eigenvalue weighted by Crippen LogP contribution is 2.20. The predicted octanol–water partition coefficient (Wildman–Crippen LogP) is 3.40. The first-order valence-corrected chi connectivity index (χ1v) is 12.0. The van der Waals surface area contributed by atoms with Crippen molar-refractivity contribution in [2.45, 2.75) is 38.1 Å². The fourth-order valence-corrected chi connectivity index (χ4v) is 3.89. The van der Waals surface area contributed by atoms with Crippen molar-refractivity contribution < 1.29 is 23.9 Å². The van der Waals surface area contributed by atoms with Gasteiger partial charge in [-0.25, -0.2) is 4.79 Å². The summed E-state index contributed by atoms with van der Waals surface area (Å²) in [5.74, 6) is -1.84. The highest BCUT2D eigenvalue weighted by Gasteiger charge is 2.27. The molecule has 0 aliphatic heterocycles. The van der Waals surface area contributed by atoms with E-state index >= 15 is 0 Å². The summed E-state index contributed by atoms with van der Waals surface area (Å²) in [6, 6.07) is 24.0. The summed E-state index contributed by atoms with van der Waals surface area (Å²) in [7, 11) is 0. The van der Waals surface area contributed by atoms with Crippen LogP contribution in [0.4, 0.5) is 0 Å². The minimum Gasteiger partial charge on any atom is -0.461 e. The third-order valence-electron chi connectivity index (χ3n) is 5.89. The van der Waals surface area contributed by atoms with Crippen LogP contribution in [0.25, 0.3) is 10.9 Å². The molecule has 1 amide bonds. The SMILES string of the molecule is NC(CC(=O)OCc1ccccc1)C(=O)NC(Cc1c[nH]c2ccccc12)C(=O)OCc1ccccc1. The van der Waals surface area contributed by atoms with Gasteiger partial charge in [0, 0.05) is 23.5 Å². The van der Waals surface area contributed by atoms with Crippen LogP contribution in [-0.2, 0) is 43.5 Å². The number of benzene rings is 3. The second-order valence-corrected chi connectivity index (χ2v) is 8.68. The van der Waals surface area contributed by atoms with Crippen LogP contribution < -0.4 is 11.1 Å². The van der Waals surface area contributed by atoms with Gasteiger partial charge in [-0.05, 0) is 22.8 Å². The van der Waals surface area contributed by atoms with Gasteiger partial charge in [0.25, 0.3) is 0 Å². The molecule has 190 valence electrons. The standard InChI is InChI=1S/C29H29N3O5/c30-24(16-27(33)36-18-20-9-3-1-4-10-20)28(34)32-26(29(35)37-19-21-11-5-2-6-12-21)15-22-17-31-25-14-8-7-13-23(22)25/h1-14,17,24,26,31H,15-16,18-19,30H2,(H,32,34). The molecular formula is C29H29N3O5. The molecule has 0 saturated heterocycles. The molecule has 2 atom stereocenters. The highest BCUT2D eigenvalue weighted by atomic mass is 16.5. The van der Waals surface area contributed by atoms with E-state index in [1.54, 1.807) is 6.20 Å². The molecule has 0 spiro atoms. The highest BCUT2D eigenvalue weighted by molar-refractivity contribution is 5.91. The summed E-state index contributed by atoms with van der Waals surface area (Å²) >= 11 is 0. The Balaban J connectivity index is 1.40. The van der Waals surface area contributed by atoms with Crippen LogP contribution in [0.5, 0.6) is 0 Å². The number of nitrogens with one attached hydrogen (secondary N) is 2. The Morgan fingerprint density at radius 1 is 0.811 bits per heavy atom. The molecule has 2 unspecified atom stereocenters. The van der Waals surface area contributed by atoms with Gasteiger partial charge in [-0.15, -0.1) is 0 Å². The van der Waals surface area contributed by atoms with Gasteiger partial charge in [0.05, 0.1) is 12.5 Å². The maximum Gasteiger partial charge on any atom is 0.329 e. The van der Waals surface area contributed by atoms with Gasteiger partial charge in [0.1, 0.15) is 19.3 Å². The zero-order chi connectivity index (χ0) is 26.0. The maximum absolute atomic E-state index is 13.0. The number of para-hydroxylation sites is 1. The van der Waals surface area contributed by atoms with Gasteiger partial charge in [0.15, 0.2) is 0 Å². The third kappa shape index (κ3) is 7.28. The summed E-state index contributed by atoms with van der Waals surface area (Å²) in [5, 5.41) is 3.61. The van der Waals surface area contributed by atoms with Crippen molar-refractivity contribution in [2.24, 2.45) is 5.73 Å². The second-order valence-electron chi connectivity index (χ2n) is 8.68. The average Bonchev–Trinajstić information content (AvgIpc) is 3.34. The fourth-order valence-electron chi connectivity index (χ4n) is 3.89. The quantitative estimate of drug-likeness (QED) is 0.272. The number of H-pyrrole nitrogens is 1. The lowest BCUT2D eigenvalue weighted by Gasteiger charge is -2.20. The number of hydrogen-bond donors (Lipinski definition) is 3. The van der Waals surface area contributed by atoms with E-state index in [0.29, 0.717) is 0 Å². The van der Waals surface area contributed by atoms with Gasteiger partial charge in [0.2, 0.25) is 5.91 Å². The number of amides is 1. The van der Waals surface area contributed by atoms with E-state index in [0.717, 1.165) is 27.6 Å². The number of carbonyl (C=O) groups is 3. The minimum atomic E-state index is -1.18. The Morgan fingerprint density at radius 2 is 1.41 bits per heavy atom. The number of esters is 2. The van der Waals surface area contributed by atoms with Crippen LogP contribution in [0.3, 0.4) is 0 Å². The van der Waals surface area contributed by atoms with Crippen molar-refractivity contribution >= 4 is 28.7 Å². The molecular weight excluding hydrogens is 470 g/mol. The van der Waals surface area contributed by atoms with Crippen LogP contribution in [0.15, 0.2) is 91.1 Å². The smallest absolute Gasteiger partial charge is 0.329 e. The molecule has 0 radical (unpaired) electrons. The molecule has 0 bridgehead atoms. The molecule has 4 N–H and O–H groups in total. The van der Waals surface area contributed by atoms with Crippen LogP contribution in [0.1, 0.15) is 23.1 Å². The monoisotopic (exact) mass is 499 g/mol. The predicted molar refractivity (Wildman–Crippen MR) is 139 cm³/mol. The zero-order valence-corrected chi connectivity index (χ0v) is 20.3. The van der Waals surface area contributed by atoms with Crippen molar-refractivity contribution in [3.8, 4) is 0 Å². The zero-order valence-electron chi connectivity index (χ0n) is 20.3. The Morgan fingerprint density at radius 3 is 2.08 bits per heavy atom. The van der Waals surface area contributed by atoms with Crippen molar-refractivity contribution in [2.75, 3.05) is 0 Å². The number of hydrogen-bond acceptors (Lipinski definition) is 6. The number of aromatic nitrogens is 1. The average molecular weight is 500 g/mol. The minimum absolute atomic E-state index is 0.0673. The van der Waals surface area contributed by atoms with Crippen molar-refractivity contribution in [3.63, 3.8) is 0 Å². The summed E-state index contributed by atoms with van der Waals surface area (Å²) in [6.07, 6.45) is 1.67. The lowest BCUT2D eigenvalue weighted by atomic mass is 10.0. The lowest BCUT2D eigenvalue weighted by molar-refractivity contribution is -0.149. The molecule has 0 aliphatic carbocycles. The maximum atomic E-state index is 13.0. The van der Waals surface area contributed by atoms with Gasteiger partial charge < -0.3 is 25.5 Å². The number of rotatable bonds is 11. The Labute approximate surface area is 214 Å². The molecule has 4 rings (SSSR count). The number of aromatic amines is 1. The summed E-state index contributed by atoms with van der Waals surface area (Å²) in [5.41, 5.74) is 9.40. The van der Waals surface area contributed by atoms with Gasteiger partial charge >= 0.3 is 11.9 Å². The Bertz CT molecular complexity index is 1340. The first-order valence-electron chi connectivity index (χ1n) is 12.0. The van der Waals surface area contributed by atoms with Crippen LogP contribution in [-0.4, -0.2) is 34.9 Å². The topological polar surface area (TPSA) is 124 Å². The molecule has 4 aromatic rings. The molecule has 1 heterocycles. The Kier molecular flexibility index (Phi) is 8.67. The van der Waals surface area contributed by atoms with E-state index in [4.69, 9.17) is 15.2 Å². The number of carbonyl (C=O) groups excluding carboxylic acids is 3. The van der Waals surface area contributed by atoms with E-state index in [9.17, 15) is 14.4 Å². The second kappa shape index (κ2) is 12.5. The van der Waals surface area contributed by atoms with E-state index < -0.39 is 29.9 Å². The largest absolute Gasteiger partial charge is 0.461 e. The van der Waals surface area contributed by atoms with E-state index in [2.05, 4.69) is 10.3 Å². The first kappa shape index (κ1) is 25.7. The van der Waals surface area contributed by atoms with Crippen molar-refractivity contribution in [1.82, 2.24) is 10.3 Å². The van der Waals surface area contributed by atoms with Gasteiger partial charge in [-0.3, -0.25) is 9.59 Å². The number of ether oxygens (including phenoxy) is 2. The molecule has 0 aliphatic rings. The molecule has 0 fully saturated rings. The molecule has 37 heavy (non-hydrogen) atoms. The molecule has 8 nitrogen and oxygen atoms in total. The summed E-state index contributed by atoms with van der Waals surface area (Å²) in [4.78, 5) is 41.3. The molecule has 3 aromatic carbocycles. The summed E-state index contributed by atoms with van der Waals surface area (Å²) in [6.45, 7) is 0.154. The number of nitrogens with two attached hydrogens (primary N) is 1. The third-order valence-corrected chi connectivity index (χ3v) is 5.89. The van der Waals surface area contributed by atoms with Gasteiger partial charge in [-0.1, -0.05) is 78.9 Å². The Hall–Kier alpha value is -4.43. The van der Waals surface area contributed by atoms with E-state index in [1.165, 1.54) is 0 Å². The summed E-state index contributed by atoms with van der Waals surface area (Å²) < 4.78 is 10.7. The van der Waals surface area contributed by atoms with Crippen LogP contribution in [0.2, 0.25) is 0 Å². The first-order chi connectivity index (χ1) is 18.0.